The standard InChI is InChI=1S/2C24H19N3O2.C5H5N.C3H7.Co/c2*28-26-23(20-15-13-18(14-16-20)17-7-2-1-3-8-17)24(27-29)25-22-12-6-10-19-9-4-5-11-21(19)22;1-2-4-6-5-3-1;1-3-2;/h2*1-16,28-29H,(H,25,27);1-5H;3H,1-2H3;/q;;;-1;+3/b2*26-23+;;;. The largest absolute Gasteiger partial charge is 3.00 e. The molecule has 0 radical (unpaired) electrons. The van der Waals surface area contributed by atoms with E-state index in [1.165, 1.54) is 0 Å². The molecule has 0 saturated heterocycles. The molecule has 8 aromatic carbocycles. The van der Waals surface area contributed by atoms with Crippen molar-refractivity contribution < 1.29 is 37.6 Å². The second-order valence-corrected chi connectivity index (χ2v) is 14.5. The Morgan fingerprint density at radius 1 is 0.412 bits per heavy atom. The van der Waals surface area contributed by atoms with Crippen LogP contribution in [-0.4, -0.2) is 48.9 Å². The van der Waals surface area contributed by atoms with Crippen molar-refractivity contribution in [1.82, 2.24) is 15.9 Å². The molecule has 0 spiro atoms. The van der Waals surface area contributed by atoms with Gasteiger partial charge in [-0.1, -0.05) is 198 Å². The summed E-state index contributed by atoms with van der Waals surface area (Å²) in [4.78, 5) is 12.8. The molecule has 12 heteroatoms. The first-order valence-electron chi connectivity index (χ1n) is 21.3. The van der Waals surface area contributed by atoms with Crippen LogP contribution in [0.2, 0.25) is 0 Å². The molecule has 11 nitrogen and oxygen atoms in total. The number of benzene rings is 8. The Balaban J connectivity index is 0.000000212. The van der Waals surface area contributed by atoms with E-state index in [9.17, 15) is 20.8 Å². The maximum atomic E-state index is 9.68. The number of hydroxylamine groups is 2. The molecule has 1 heterocycles. The van der Waals surface area contributed by atoms with Crippen LogP contribution in [0, 0.1) is 6.42 Å². The Morgan fingerprint density at radius 2 is 0.735 bits per heavy atom. The predicted octanol–water partition coefficient (Wildman–Crippen LogP) is 13.1. The third-order valence-electron chi connectivity index (χ3n) is 9.96. The van der Waals surface area contributed by atoms with Crippen LogP contribution >= 0.6 is 0 Å². The Bertz CT molecular complexity index is 2810. The first-order chi connectivity index (χ1) is 33.0. The molecule has 0 aliphatic carbocycles. The van der Waals surface area contributed by atoms with Crippen LogP contribution in [0.4, 0.5) is 11.4 Å². The molecule has 0 fully saturated rings. The zero-order valence-corrected chi connectivity index (χ0v) is 38.3. The number of hydrogen-bond donors (Lipinski definition) is 6. The van der Waals surface area contributed by atoms with Crippen molar-refractivity contribution in [2.24, 2.45) is 20.3 Å². The van der Waals surface area contributed by atoms with E-state index in [-0.39, 0.29) is 39.9 Å². The summed E-state index contributed by atoms with van der Waals surface area (Å²) in [7, 11) is 0. The minimum absolute atomic E-state index is 0. The molecule has 0 aliphatic rings. The normalized spacial score (nSPS) is 11.4. The van der Waals surface area contributed by atoms with Crippen LogP contribution in [0.3, 0.4) is 0 Å². The van der Waals surface area contributed by atoms with E-state index in [1.807, 2.05) is 233 Å². The molecule has 9 rings (SSSR count). The molecule has 340 valence electrons. The third kappa shape index (κ3) is 13.9. The number of nitrogens with zero attached hydrogens (tertiary/aromatic N) is 5. The van der Waals surface area contributed by atoms with Gasteiger partial charge in [0.2, 0.25) is 0 Å². The fraction of sp³-hybridized carbons (Fsp3) is 0.0357. The van der Waals surface area contributed by atoms with Crippen LogP contribution in [0.5, 0.6) is 0 Å². The topological polar surface area (TPSA) is 167 Å². The summed E-state index contributed by atoms with van der Waals surface area (Å²) in [6.07, 6.45) is 5.50. The number of nitrogens with one attached hydrogen (secondary N) is 2. The van der Waals surface area contributed by atoms with E-state index >= 15 is 0 Å². The number of amidine groups is 2. The van der Waals surface area contributed by atoms with Crippen molar-refractivity contribution in [3.05, 3.63) is 242 Å². The summed E-state index contributed by atoms with van der Waals surface area (Å²) in [5.74, 6) is 0.104. The average Bonchev–Trinajstić information content (AvgIpc) is 3.40. The second kappa shape index (κ2) is 27.3. The summed E-state index contributed by atoms with van der Waals surface area (Å²) >= 11 is 0. The molecular formula is C56H50CoN7O4+2. The smallest absolute Gasteiger partial charge is 0.410 e. The summed E-state index contributed by atoms with van der Waals surface area (Å²) in [5.41, 5.74) is 11.2. The molecule has 0 amide bonds. The van der Waals surface area contributed by atoms with Gasteiger partial charge in [0, 0.05) is 34.3 Å². The van der Waals surface area contributed by atoms with Crippen molar-refractivity contribution in [3.63, 3.8) is 0 Å². The molecule has 0 bridgehead atoms. The monoisotopic (exact) mass is 943 g/mol. The van der Waals surface area contributed by atoms with Crippen molar-refractivity contribution in [1.29, 1.82) is 0 Å². The number of oxime groups is 2. The Hall–Kier alpha value is -8.26. The molecule has 0 atom stereocenters. The van der Waals surface area contributed by atoms with Gasteiger partial charge in [0.15, 0.2) is 23.1 Å². The number of pyridine rings is 1. The summed E-state index contributed by atoms with van der Waals surface area (Å²) < 4.78 is 0. The van der Waals surface area contributed by atoms with Gasteiger partial charge >= 0.3 is 16.8 Å². The maximum absolute atomic E-state index is 9.68. The van der Waals surface area contributed by atoms with Crippen LogP contribution in [0.25, 0.3) is 43.8 Å². The van der Waals surface area contributed by atoms with E-state index in [0.717, 1.165) is 43.8 Å². The van der Waals surface area contributed by atoms with Gasteiger partial charge < -0.3 is 16.8 Å². The van der Waals surface area contributed by atoms with Crippen molar-refractivity contribution in [2.45, 2.75) is 13.8 Å². The van der Waals surface area contributed by atoms with Gasteiger partial charge in [-0.05, 0) is 57.3 Å². The first-order valence-corrected chi connectivity index (χ1v) is 21.3. The first kappa shape index (κ1) is 50.7. The van der Waals surface area contributed by atoms with Crippen molar-refractivity contribution >= 4 is 56.0 Å². The Morgan fingerprint density at radius 3 is 1.06 bits per heavy atom. The van der Waals surface area contributed by atoms with Gasteiger partial charge in [-0.25, -0.2) is 9.98 Å². The van der Waals surface area contributed by atoms with E-state index in [0.29, 0.717) is 22.5 Å². The molecule has 1 aromatic heterocycles. The third-order valence-corrected chi connectivity index (χ3v) is 9.96. The molecule has 0 aliphatic heterocycles. The molecule has 68 heavy (non-hydrogen) atoms. The van der Waals surface area contributed by atoms with Crippen molar-refractivity contribution in [3.8, 4) is 22.3 Å². The maximum Gasteiger partial charge on any atom is 3.00 e. The molecule has 6 N–H and O–H groups in total. The van der Waals surface area contributed by atoms with Gasteiger partial charge in [-0.15, -0.1) is 0 Å². The molecular weight excluding hydrogens is 894 g/mol. The van der Waals surface area contributed by atoms with Gasteiger partial charge in [-0.2, -0.15) is 13.8 Å². The van der Waals surface area contributed by atoms with Gasteiger partial charge in [0.25, 0.3) is 0 Å². The second-order valence-electron chi connectivity index (χ2n) is 14.5. The Kier molecular flexibility index (Phi) is 20.3. The summed E-state index contributed by atoms with van der Waals surface area (Å²) in [5, 5.41) is 49.3. The number of aliphatic imine (C=N–C) groups is 2. The zero-order valence-electron chi connectivity index (χ0n) is 37.3. The minimum atomic E-state index is 0. The van der Waals surface area contributed by atoms with E-state index in [4.69, 9.17) is 0 Å². The van der Waals surface area contributed by atoms with E-state index in [1.54, 1.807) is 12.4 Å². The van der Waals surface area contributed by atoms with Gasteiger partial charge in [0.1, 0.15) is 0 Å². The van der Waals surface area contributed by atoms with Gasteiger partial charge in [0.05, 0.1) is 11.4 Å². The van der Waals surface area contributed by atoms with E-state index < -0.39 is 0 Å². The fourth-order valence-corrected chi connectivity index (χ4v) is 6.81. The average molecular weight is 944 g/mol. The van der Waals surface area contributed by atoms with Crippen LogP contribution in [0.15, 0.2) is 245 Å². The number of rotatable bonds is 8. The summed E-state index contributed by atoms with van der Waals surface area (Å²) in [6.45, 7) is 4.00. The zero-order chi connectivity index (χ0) is 47.1. The molecule has 0 unspecified atom stereocenters. The summed E-state index contributed by atoms with van der Waals surface area (Å²) in [6, 6.07) is 67.8. The van der Waals surface area contributed by atoms with Crippen LogP contribution < -0.4 is 11.0 Å². The fourth-order valence-electron chi connectivity index (χ4n) is 6.81. The van der Waals surface area contributed by atoms with Crippen molar-refractivity contribution in [2.75, 3.05) is 0 Å². The SMILES string of the molecule is C[CH-]C.O/N=C(/C(=Nc1cccc2ccccc12)NO)c1ccc(-c2ccccc2)cc1.O/N=C(/C(=Nc1cccc2ccccc12)NO)c1ccc(-c2ccccc2)cc1.[Co+3].c1ccncc1. The minimum Gasteiger partial charge on any atom is -0.410 e. The predicted molar refractivity (Wildman–Crippen MR) is 272 cm³/mol. The quantitative estimate of drug-likeness (QED) is 0.0290. The number of hydrogen-bond acceptors (Lipinski definition) is 9. The van der Waals surface area contributed by atoms with Gasteiger partial charge in [-0.3, -0.25) is 26.4 Å². The molecule has 9 aromatic rings. The Labute approximate surface area is 406 Å². The number of fused-ring (bicyclic) bond motifs is 2. The van der Waals surface area contributed by atoms with Crippen LogP contribution in [-0.2, 0) is 16.8 Å². The van der Waals surface area contributed by atoms with Crippen LogP contribution in [0.1, 0.15) is 25.0 Å². The molecule has 0 saturated carbocycles. The number of aromatic nitrogens is 1. The van der Waals surface area contributed by atoms with E-state index in [2.05, 4.69) is 36.2 Å².